The van der Waals surface area contributed by atoms with Gasteiger partial charge < -0.3 is 17.2 Å². The summed E-state index contributed by atoms with van der Waals surface area (Å²) in [7, 11) is 0. The maximum Gasteiger partial charge on any atom is 0.0367 e. The number of nitrogens with two attached hydrogens (primary N) is 3. The number of rotatable bonds is 2. The van der Waals surface area contributed by atoms with Gasteiger partial charge in [0.25, 0.3) is 0 Å². The van der Waals surface area contributed by atoms with E-state index in [9.17, 15) is 0 Å². The monoisotopic (exact) mass is 227 g/mol. The third-order valence-electron chi connectivity index (χ3n) is 3.01. The lowest BCUT2D eigenvalue weighted by Crippen LogP contribution is -2.01. The van der Waals surface area contributed by atoms with Crippen LogP contribution in [-0.4, -0.2) is 0 Å². The van der Waals surface area contributed by atoms with E-state index in [0.29, 0.717) is 5.69 Å². The van der Waals surface area contributed by atoms with Crippen LogP contribution < -0.4 is 17.2 Å². The summed E-state index contributed by atoms with van der Waals surface area (Å²) < 4.78 is 0. The topological polar surface area (TPSA) is 78.1 Å². The molecule has 0 unspecified atom stereocenters. The molecule has 88 valence electrons. The molecule has 6 N–H and O–H groups in total. The second kappa shape index (κ2) is 4.37. The van der Waals surface area contributed by atoms with Crippen LogP contribution in [0.5, 0.6) is 0 Å². The molecule has 0 bridgehead atoms. The van der Waals surface area contributed by atoms with Crippen LogP contribution in [0, 0.1) is 6.92 Å². The van der Waals surface area contributed by atoms with Gasteiger partial charge in [0.2, 0.25) is 0 Å². The van der Waals surface area contributed by atoms with Crippen molar-refractivity contribution in [1.29, 1.82) is 0 Å². The van der Waals surface area contributed by atoms with E-state index >= 15 is 0 Å². The normalized spacial score (nSPS) is 10.4. The van der Waals surface area contributed by atoms with Crippen molar-refractivity contribution in [2.45, 2.75) is 13.3 Å². The minimum absolute atomic E-state index is 0.692. The maximum atomic E-state index is 5.93. The molecule has 0 aliphatic heterocycles. The van der Waals surface area contributed by atoms with E-state index in [4.69, 9.17) is 17.2 Å². The van der Waals surface area contributed by atoms with Gasteiger partial charge in [0.15, 0.2) is 0 Å². The van der Waals surface area contributed by atoms with Crippen molar-refractivity contribution in [2.75, 3.05) is 17.2 Å². The van der Waals surface area contributed by atoms with Crippen LogP contribution in [0.2, 0.25) is 0 Å². The van der Waals surface area contributed by atoms with Gasteiger partial charge in [0.05, 0.1) is 0 Å². The molecule has 0 fully saturated rings. The molecule has 0 amide bonds. The summed E-state index contributed by atoms with van der Waals surface area (Å²) in [5.74, 6) is 0. The van der Waals surface area contributed by atoms with E-state index in [2.05, 4.69) is 0 Å². The Morgan fingerprint density at radius 2 is 1.59 bits per heavy atom. The first-order valence-electron chi connectivity index (χ1n) is 5.56. The lowest BCUT2D eigenvalue weighted by atomic mass is 9.98. The molecule has 0 saturated carbocycles. The summed E-state index contributed by atoms with van der Waals surface area (Å²) >= 11 is 0. The van der Waals surface area contributed by atoms with Crippen LogP contribution in [0.4, 0.5) is 17.1 Å². The van der Waals surface area contributed by atoms with Crippen molar-refractivity contribution in [2.24, 2.45) is 0 Å². The molecule has 0 atom stereocenters. The lowest BCUT2D eigenvalue weighted by Gasteiger charge is -2.11. The second-order valence-electron chi connectivity index (χ2n) is 4.27. The van der Waals surface area contributed by atoms with Gasteiger partial charge in [-0.05, 0) is 48.2 Å². The molecule has 2 aromatic carbocycles. The third kappa shape index (κ3) is 2.33. The molecule has 0 saturated heterocycles. The molecule has 3 nitrogen and oxygen atoms in total. The molecular weight excluding hydrogens is 210 g/mol. The van der Waals surface area contributed by atoms with Crippen molar-refractivity contribution in [3.05, 3.63) is 53.1 Å². The van der Waals surface area contributed by atoms with E-state index in [1.54, 1.807) is 6.07 Å². The number of anilines is 3. The van der Waals surface area contributed by atoms with Crippen molar-refractivity contribution >= 4 is 17.1 Å². The summed E-state index contributed by atoms with van der Waals surface area (Å²) in [5, 5.41) is 0. The van der Waals surface area contributed by atoms with Crippen molar-refractivity contribution in [1.82, 2.24) is 0 Å². The van der Waals surface area contributed by atoms with Gasteiger partial charge in [-0.3, -0.25) is 0 Å². The van der Waals surface area contributed by atoms with Crippen LogP contribution in [-0.2, 0) is 6.42 Å². The van der Waals surface area contributed by atoms with Crippen LogP contribution in [0.1, 0.15) is 16.7 Å². The van der Waals surface area contributed by atoms with E-state index < -0.39 is 0 Å². The highest BCUT2D eigenvalue weighted by Crippen LogP contribution is 2.24. The minimum Gasteiger partial charge on any atom is -0.399 e. The molecule has 2 rings (SSSR count). The second-order valence-corrected chi connectivity index (χ2v) is 4.27. The molecule has 0 heterocycles. The number of hydrogen-bond acceptors (Lipinski definition) is 3. The van der Waals surface area contributed by atoms with E-state index in [1.807, 2.05) is 37.3 Å². The van der Waals surface area contributed by atoms with E-state index in [1.165, 1.54) is 0 Å². The Morgan fingerprint density at radius 3 is 2.29 bits per heavy atom. The minimum atomic E-state index is 0.692. The summed E-state index contributed by atoms with van der Waals surface area (Å²) in [4.78, 5) is 0. The molecule has 0 aliphatic rings. The first-order valence-corrected chi connectivity index (χ1v) is 5.56. The molecular formula is C14H17N3. The highest BCUT2D eigenvalue weighted by atomic mass is 14.6. The third-order valence-corrected chi connectivity index (χ3v) is 3.01. The van der Waals surface area contributed by atoms with Crippen LogP contribution >= 0.6 is 0 Å². The Hall–Kier alpha value is -2.16. The maximum absolute atomic E-state index is 5.93. The van der Waals surface area contributed by atoms with E-state index in [0.717, 1.165) is 34.5 Å². The summed E-state index contributed by atoms with van der Waals surface area (Å²) in [6.45, 7) is 2.00. The first kappa shape index (κ1) is 11.3. The standard InChI is InChI=1S/C14H17N3/c1-9-11(7-12(15)8-14(9)17)6-10-4-2-3-5-13(10)16/h2-5,7-8H,6,15-17H2,1H3. The number of nitrogen functional groups attached to an aromatic ring is 3. The number of para-hydroxylation sites is 1. The smallest absolute Gasteiger partial charge is 0.0367 e. The quantitative estimate of drug-likeness (QED) is 0.689. The lowest BCUT2D eigenvalue weighted by molar-refractivity contribution is 1.16. The van der Waals surface area contributed by atoms with Gasteiger partial charge in [-0.1, -0.05) is 18.2 Å². The van der Waals surface area contributed by atoms with Crippen molar-refractivity contribution in [3.8, 4) is 0 Å². The Labute approximate surface area is 101 Å². The van der Waals surface area contributed by atoms with Crippen molar-refractivity contribution < 1.29 is 0 Å². The van der Waals surface area contributed by atoms with Crippen LogP contribution in [0.15, 0.2) is 36.4 Å². The van der Waals surface area contributed by atoms with Gasteiger partial charge in [0.1, 0.15) is 0 Å². The molecule has 2 aromatic rings. The number of hydrogen-bond donors (Lipinski definition) is 3. The fraction of sp³-hybridized carbons (Fsp3) is 0.143. The van der Waals surface area contributed by atoms with Crippen molar-refractivity contribution in [3.63, 3.8) is 0 Å². The largest absolute Gasteiger partial charge is 0.399 e. The molecule has 17 heavy (non-hydrogen) atoms. The Kier molecular flexibility index (Phi) is 2.91. The predicted octanol–water partition coefficient (Wildman–Crippen LogP) is 2.33. The van der Waals surface area contributed by atoms with Crippen LogP contribution in [0.25, 0.3) is 0 Å². The zero-order chi connectivity index (χ0) is 12.4. The zero-order valence-corrected chi connectivity index (χ0v) is 9.90. The van der Waals surface area contributed by atoms with Gasteiger partial charge in [-0.25, -0.2) is 0 Å². The summed E-state index contributed by atoms with van der Waals surface area (Å²) in [5.41, 5.74) is 23.2. The highest BCUT2D eigenvalue weighted by Gasteiger charge is 2.06. The Balaban J connectivity index is 2.40. The average molecular weight is 227 g/mol. The SMILES string of the molecule is Cc1c(N)cc(N)cc1Cc1ccccc1N. The fourth-order valence-electron chi connectivity index (χ4n) is 1.91. The molecule has 3 heteroatoms. The molecule has 0 aliphatic carbocycles. The molecule has 0 spiro atoms. The number of benzene rings is 2. The summed E-state index contributed by atoms with van der Waals surface area (Å²) in [6.07, 6.45) is 0.758. The molecule has 0 radical (unpaired) electrons. The van der Waals surface area contributed by atoms with E-state index in [-0.39, 0.29) is 0 Å². The van der Waals surface area contributed by atoms with Gasteiger partial charge in [0, 0.05) is 17.1 Å². The fourth-order valence-corrected chi connectivity index (χ4v) is 1.91. The average Bonchev–Trinajstić information content (AvgIpc) is 2.28. The summed E-state index contributed by atoms with van der Waals surface area (Å²) in [6, 6.07) is 11.6. The Bertz CT molecular complexity index is 547. The predicted molar refractivity (Wildman–Crippen MR) is 73.7 cm³/mol. The van der Waals surface area contributed by atoms with Crippen LogP contribution in [0.3, 0.4) is 0 Å². The van der Waals surface area contributed by atoms with Gasteiger partial charge >= 0.3 is 0 Å². The highest BCUT2D eigenvalue weighted by molar-refractivity contribution is 5.61. The van der Waals surface area contributed by atoms with Gasteiger partial charge in [-0.15, -0.1) is 0 Å². The molecule has 0 aromatic heterocycles. The van der Waals surface area contributed by atoms with Gasteiger partial charge in [-0.2, -0.15) is 0 Å². The zero-order valence-electron chi connectivity index (χ0n) is 9.90. The first-order chi connectivity index (χ1) is 8.08. The Morgan fingerprint density at radius 1 is 0.882 bits per heavy atom.